The third-order valence-corrected chi connectivity index (χ3v) is 10.7. The van der Waals surface area contributed by atoms with Crippen molar-refractivity contribution in [2.24, 2.45) is 0 Å². The molecule has 0 bridgehead atoms. The highest BCUT2D eigenvalue weighted by molar-refractivity contribution is 8.00. The second kappa shape index (κ2) is 11.5. The number of hydrogen-bond acceptors (Lipinski definition) is 3. The van der Waals surface area contributed by atoms with Gasteiger partial charge >= 0.3 is 18.5 Å². The molecule has 266 valence electrons. The standard InChI is InChI=1S/C40H21F9N2OS/c41-38(42,43)22-16-28(39(44,45)46)36(29(17-22)40(47,48)49)37-50-30-14-11-21(15-35(30)53-37)20-9-12-23(13-10-20)51-31-7-3-1-5-24(31)26-19-34-27(18-32(26)51)25-6-2-4-8-33(25)52-34/h1-19,37,50H. The minimum Gasteiger partial charge on any atom is -0.456 e. The number of thioether (sulfide) groups is 1. The molecule has 3 heterocycles. The van der Waals surface area contributed by atoms with Crippen molar-refractivity contribution in [3.63, 3.8) is 0 Å². The van der Waals surface area contributed by atoms with E-state index >= 15 is 0 Å². The summed E-state index contributed by atoms with van der Waals surface area (Å²) < 4.78 is 133. The van der Waals surface area contributed by atoms with Gasteiger partial charge in [-0.05, 0) is 71.8 Å². The van der Waals surface area contributed by atoms with Gasteiger partial charge < -0.3 is 14.3 Å². The Kier molecular flexibility index (Phi) is 7.20. The molecule has 0 saturated heterocycles. The highest BCUT2D eigenvalue weighted by atomic mass is 32.2. The summed E-state index contributed by atoms with van der Waals surface area (Å²) in [7, 11) is 0. The van der Waals surface area contributed by atoms with Crippen molar-refractivity contribution >= 4 is 61.2 Å². The highest BCUT2D eigenvalue weighted by Crippen LogP contribution is 2.54. The summed E-state index contributed by atoms with van der Waals surface area (Å²) in [4.78, 5) is 0.344. The minimum atomic E-state index is -5.49. The number of halogens is 9. The van der Waals surface area contributed by atoms with Gasteiger partial charge in [0.15, 0.2) is 0 Å². The van der Waals surface area contributed by atoms with Gasteiger partial charge in [-0.1, -0.05) is 66.4 Å². The molecule has 1 unspecified atom stereocenters. The van der Waals surface area contributed by atoms with Crippen LogP contribution in [-0.4, -0.2) is 4.57 Å². The summed E-state index contributed by atoms with van der Waals surface area (Å²) in [5, 5.41) is 5.00. The second-order valence-corrected chi connectivity index (χ2v) is 13.8. The molecule has 0 amide bonds. The predicted octanol–water partition coefficient (Wildman–Crippen LogP) is 13.6. The summed E-state index contributed by atoms with van der Waals surface area (Å²) in [5.74, 6) is 0. The van der Waals surface area contributed by atoms with E-state index in [9.17, 15) is 39.5 Å². The van der Waals surface area contributed by atoms with E-state index in [1.54, 1.807) is 12.1 Å². The number of furan rings is 1. The zero-order chi connectivity index (χ0) is 37.0. The molecule has 1 atom stereocenters. The molecule has 1 aliphatic heterocycles. The van der Waals surface area contributed by atoms with Gasteiger partial charge in [0, 0.05) is 43.4 Å². The summed E-state index contributed by atoms with van der Waals surface area (Å²) in [5.41, 5.74) is -1.38. The van der Waals surface area contributed by atoms with E-state index in [0.29, 0.717) is 22.2 Å². The molecule has 0 saturated carbocycles. The van der Waals surface area contributed by atoms with Crippen LogP contribution in [0.4, 0.5) is 45.2 Å². The molecule has 1 aliphatic rings. The number of nitrogens with zero attached hydrogens (tertiary/aromatic N) is 1. The SMILES string of the molecule is FC(F)(F)c1cc(C(F)(F)F)c(C2Nc3ccc(-c4ccc(-n5c6ccccc6c6cc7oc8ccccc8c7cc65)cc4)cc3S2)c(C(F)(F)F)c1. The van der Waals surface area contributed by atoms with Crippen LogP contribution in [0.5, 0.6) is 0 Å². The smallest absolute Gasteiger partial charge is 0.416 e. The molecule has 0 aliphatic carbocycles. The molecule has 0 fully saturated rings. The first-order chi connectivity index (χ1) is 25.1. The lowest BCUT2D eigenvalue weighted by atomic mass is 9.95. The molecule has 6 aromatic carbocycles. The van der Waals surface area contributed by atoms with Crippen molar-refractivity contribution in [2.45, 2.75) is 28.8 Å². The van der Waals surface area contributed by atoms with Gasteiger partial charge in [0.05, 0.1) is 27.7 Å². The van der Waals surface area contributed by atoms with Gasteiger partial charge in [0.1, 0.15) is 16.5 Å². The molecule has 0 radical (unpaired) electrons. The Hall–Kier alpha value is -5.56. The van der Waals surface area contributed by atoms with Crippen molar-refractivity contribution in [1.82, 2.24) is 4.57 Å². The van der Waals surface area contributed by atoms with Gasteiger partial charge in [0.2, 0.25) is 0 Å². The number of benzene rings is 6. The third-order valence-electron chi connectivity index (χ3n) is 9.52. The van der Waals surface area contributed by atoms with Gasteiger partial charge in [-0.25, -0.2) is 0 Å². The molecule has 3 nitrogen and oxygen atoms in total. The number of aromatic nitrogens is 1. The minimum absolute atomic E-state index is 0.255. The Labute approximate surface area is 297 Å². The second-order valence-electron chi connectivity index (χ2n) is 12.7. The van der Waals surface area contributed by atoms with Gasteiger partial charge in [-0.15, -0.1) is 0 Å². The Morgan fingerprint density at radius 1 is 0.547 bits per heavy atom. The van der Waals surface area contributed by atoms with Gasteiger partial charge in [-0.3, -0.25) is 0 Å². The number of para-hydroxylation sites is 2. The van der Waals surface area contributed by atoms with Crippen molar-refractivity contribution in [3.8, 4) is 16.8 Å². The average molecular weight is 749 g/mol. The molecule has 2 aromatic heterocycles. The first-order valence-electron chi connectivity index (χ1n) is 16.1. The third kappa shape index (κ3) is 5.47. The molecule has 53 heavy (non-hydrogen) atoms. The molecular formula is C40H21F9N2OS. The lowest BCUT2D eigenvalue weighted by Gasteiger charge is -2.24. The van der Waals surface area contributed by atoms with E-state index in [-0.39, 0.29) is 17.8 Å². The fourth-order valence-corrected chi connectivity index (χ4v) is 8.44. The maximum atomic E-state index is 14.1. The van der Waals surface area contributed by atoms with Crippen LogP contribution in [0.3, 0.4) is 0 Å². The average Bonchev–Trinajstić information content (AvgIpc) is 3.80. The van der Waals surface area contributed by atoms with E-state index in [1.165, 1.54) is 6.07 Å². The number of nitrogens with one attached hydrogen (secondary N) is 1. The fourth-order valence-electron chi connectivity index (χ4n) is 7.18. The van der Waals surface area contributed by atoms with Crippen molar-refractivity contribution < 1.29 is 43.9 Å². The van der Waals surface area contributed by atoms with Crippen molar-refractivity contribution in [2.75, 3.05) is 5.32 Å². The van der Waals surface area contributed by atoms with Crippen molar-refractivity contribution in [1.29, 1.82) is 0 Å². The van der Waals surface area contributed by atoms with E-state index in [4.69, 9.17) is 4.42 Å². The lowest BCUT2D eigenvalue weighted by Crippen LogP contribution is -2.22. The molecule has 8 aromatic rings. The number of alkyl halides is 9. The number of rotatable bonds is 3. The summed E-state index contributed by atoms with van der Waals surface area (Å²) in [6, 6.07) is 31.8. The predicted molar refractivity (Wildman–Crippen MR) is 187 cm³/mol. The van der Waals surface area contributed by atoms with Crippen LogP contribution in [0.25, 0.3) is 60.6 Å². The van der Waals surface area contributed by atoms with Crippen LogP contribution >= 0.6 is 11.8 Å². The zero-order valence-corrected chi connectivity index (χ0v) is 27.5. The quantitative estimate of drug-likeness (QED) is 0.183. The fraction of sp³-hybridized carbons (Fsp3) is 0.100. The molecule has 9 rings (SSSR count). The molecule has 1 N–H and O–H groups in total. The number of fused-ring (bicyclic) bond motifs is 7. The molecular weight excluding hydrogens is 728 g/mol. The van der Waals surface area contributed by atoms with E-state index in [1.807, 2.05) is 78.9 Å². The monoisotopic (exact) mass is 748 g/mol. The van der Waals surface area contributed by atoms with E-state index in [0.717, 1.165) is 55.0 Å². The van der Waals surface area contributed by atoms with Crippen molar-refractivity contribution in [3.05, 3.63) is 138 Å². The molecule has 13 heteroatoms. The van der Waals surface area contributed by atoms with Crippen LogP contribution in [0.15, 0.2) is 125 Å². The van der Waals surface area contributed by atoms with E-state index in [2.05, 4.69) is 16.0 Å². The Morgan fingerprint density at radius 3 is 1.87 bits per heavy atom. The molecule has 0 spiro atoms. The first-order valence-corrected chi connectivity index (χ1v) is 17.0. The van der Waals surface area contributed by atoms with Crippen LogP contribution in [0, 0.1) is 0 Å². The maximum absolute atomic E-state index is 14.1. The topological polar surface area (TPSA) is 30.1 Å². The Bertz CT molecular complexity index is 2720. The van der Waals surface area contributed by atoms with Crippen LogP contribution in [-0.2, 0) is 18.5 Å². The number of anilines is 1. The normalized spacial score (nSPS) is 15.2. The maximum Gasteiger partial charge on any atom is 0.416 e. The largest absolute Gasteiger partial charge is 0.456 e. The van der Waals surface area contributed by atoms with Crippen LogP contribution in [0.2, 0.25) is 0 Å². The Balaban J connectivity index is 1.09. The summed E-state index contributed by atoms with van der Waals surface area (Å²) >= 11 is 0.674. The van der Waals surface area contributed by atoms with E-state index < -0.39 is 46.2 Å². The van der Waals surface area contributed by atoms with Crippen LogP contribution in [0.1, 0.15) is 27.6 Å². The highest BCUT2D eigenvalue weighted by Gasteiger charge is 2.47. The van der Waals surface area contributed by atoms with Gasteiger partial charge in [-0.2, -0.15) is 39.5 Å². The number of hydrogen-bond donors (Lipinski definition) is 1. The summed E-state index contributed by atoms with van der Waals surface area (Å²) in [6.07, 6.45) is -16.4. The zero-order valence-electron chi connectivity index (χ0n) is 26.7. The van der Waals surface area contributed by atoms with Gasteiger partial charge in [0.25, 0.3) is 0 Å². The Morgan fingerprint density at radius 2 is 1.19 bits per heavy atom. The van der Waals surface area contributed by atoms with Crippen LogP contribution < -0.4 is 5.32 Å². The summed E-state index contributed by atoms with van der Waals surface area (Å²) in [6.45, 7) is 0. The lowest BCUT2D eigenvalue weighted by molar-refractivity contribution is -0.149. The first kappa shape index (κ1) is 33.3.